The first kappa shape index (κ1) is 20.4. The molecule has 29 heavy (non-hydrogen) atoms. The molecule has 1 heterocycles. The van der Waals surface area contributed by atoms with E-state index in [1.165, 1.54) is 28.6 Å². The summed E-state index contributed by atoms with van der Waals surface area (Å²) in [6, 6.07) is 8.06. The zero-order valence-electron chi connectivity index (χ0n) is 15.0. The summed E-state index contributed by atoms with van der Waals surface area (Å²) in [4.78, 5) is 32.7. The van der Waals surface area contributed by atoms with Crippen LogP contribution in [0.1, 0.15) is 23.2 Å². The summed E-state index contributed by atoms with van der Waals surface area (Å²) in [5.41, 5.74) is -1.20. The molecule has 0 saturated carbocycles. The van der Waals surface area contributed by atoms with Crippen LogP contribution in [0.15, 0.2) is 47.4 Å². The number of nitro groups is 2. The fourth-order valence-electron chi connectivity index (χ4n) is 2.93. The molecule has 0 aliphatic carbocycles. The van der Waals surface area contributed by atoms with Crippen molar-refractivity contribution >= 4 is 33.0 Å². The van der Waals surface area contributed by atoms with Gasteiger partial charge in [-0.2, -0.15) is 4.31 Å². The van der Waals surface area contributed by atoms with Crippen molar-refractivity contribution in [2.75, 3.05) is 18.4 Å². The summed E-state index contributed by atoms with van der Waals surface area (Å²) in [7, 11) is -3.60. The maximum absolute atomic E-state index is 12.5. The molecule has 0 atom stereocenters. The molecule has 1 aliphatic heterocycles. The van der Waals surface area contributed by atoms with Gasteiger partial charge in [0.15, 0.2) is 0 Å². The van der Waals surface area contributed by atoms with Crippen LogP contribution in [0.2, 0.25) is 0 Å². The molecule has 0 aromatic heterocycles. The van der Waals surface area contributed by atoms with Crippen molar-refractivity contribution in [1.82, 2.24) is 4.31 Å². The standard InChI is InChI=1S/C17H16N4O7S/c22-17(12-9-14(20(23)24)11-15(10-12)21(25)26)18-13-3-5-16(6-4-13)29(27,28)19-7-1-2-8-19/h3-6,9-11H,1-2,7-8H2,(H,18,22). The summed E-state index contributed by atoms with van der Waals surface area (Å²) in [6.45, 7) is 0.929. The van der Waals surface area contributed by atoms with Crippen LogP contribution in [0.5, 0.6) is 0 Å². The second-order valence-electron chi connectivity index (χ2n) is 6.34. The largest absolute Gasteiger partial charge is 0.322 e. The van der Waals surface area contributed by atoms with E-state index in [4.69, 9.17) is 0 Å². The monoisotopic (exact) mass is 420 g/mol. The Hall–Kier alpha value is -3.38. The second-order valence-corrected chi connectivity index (χ2v) is 8.28. The Kier molecular flexibility index (Phi) is 5.57. The van der Waals surface area contributed by atoms with Crippen LogP contribution >= 0.6 is 0 Å². The predicted molar refractivity (Wildman–Crippen MR) is 102 cm³/mol. The lowest BCUT2D eigenvalue weighted by Gasteiger charge is -2.15. The summed E-state index contributed by atoms with van der Waals surface area (Å²) in [5.74, 6) is -0.799. The van der Waals surface area contributed by atoms with E-state index in [2.05, 4.69) is 5.32 Å². The molecular weight excluding hydrogens is 404 g/mol. The van der Waals surface area contributed by atoms with Crippen molar-refractivity contribution in [3.63, 3.8) is 0 Å². The molecule has 0 spiro atoms. The van der Waals surface area contributed by atoms with Crippen LogP contribution in [0.25, 0.3) is 0 Å². The number of hydrogen-bond donors (Lipinski definition) is 1. The second kappa shape index (κ2) is 7.93. The number of nitro benzene ring substituents is 2. The Labute approximate surface area is 165 Å². The number of rotatable bonds is 6. The van der Waals surface area contributed by atoms with Crippen LogP contribution in [0.3, 0.4) is 0 Å². The summed E-state index contributed by atoms with van der Waals surface area (Å²) in [5, 5.41) is 24.3. The first-order valence-electron chi connectivity index (χ1n) is 8.54. The number of carbonyl (C=O) groups is 1. The van der Waals surface area contributed by atoms with E-state index < -0.39 is 37.2 Å². The molecule has 0 bridgehead atoms. The predicted octanol–water partition coefficient (Wildman–Crippen LogP) is 2.54. The van der Waals surface area contributed by atoms with Gasteiger partial charge in [-0.1, -0.05) is 0 Å². The third-order valence-corrected chi connectivity index (χ3v) is 6.31. The number of benzene rings is 2. The summed E-state index contributed by atoms with van der Waals surface area (Å²) in [6.07, 6.45) is 1.62. The molecule has 1 fully saturated rings. The molecule has 0 radical (unpaired) electrons. The average molecular weight is 420 g/mol. The first-order chi connectivity index (χ1) is 13.7. The van der Waals surface area contributed by atoms with Gasteiger partial charge in [-0.25, -0.2) is 8.42 Å². The van der Waals surface area contributed by atoms with Gasteiger partial charge in [0.05, 0.1) is 26.4 Å². The van der Waals surface area contributed by atoms with E-state index in [9.17, 15) is 33.4 Å². The third-order valence-electron chi connectivity index (χ3n) is 4.40. The number of nitrogens with one attached hydrogen (secondary N) is 1. The SMILES string of the molecule is O=C(Nc1ccc(S(=O)(=O)N2CCCC2)cc1)c1cc([N+](=O)[O-])cc([N+](=O)[O-])c1. The van der Waals surface area contributed by atoms with E-state index in [0.29, 0.717) is 13.1 Å². The number of nitrogens with zero attached hydrogens (tertiary/aromatic N) is 3. The topological polar surface area (TPSA) is 153 Å². The number of non-ortho nitro benzene ring substituents is 2. The van der Waals surface area contributed by atoms with Gasteiger partial charge in [-0.3, -0.25) is 25.0 Å². The van der Waals surface area contributed by atoms with E-state index in [1.807, 2.05) is 0 Å². The van der Waals surface area contributed by atoms with Gasteiger partial charge in [-0.15, -0.1) is 0 Å². The zero-order chi connectivity index (χ0) is 21.2. The Morgan fingerprint density at radius 2 is 1.45 bits per heavy atom. The quantitative estimate of drug-likeness (QED) is 0.556. The third kappa shape index (κ3) is 4.38. The lowest BCUT2D eigenvalue weighted by atomic mass is 10.1. The van der Waals surface area contributed by atoms with Gasteiger partial charge < -0.3 is 5.32 Å². The molecular formula is C17H16N4O7S. The van der Waals surface area contributed by atoms with Crippen LogP contribution < -0.4 is 5.32 Å². The van der Waals surface area contributed by atoms with Gasteiger partial charge in [0.1, 0.15) is 0 Å². The highest BCUT2D eigenvalue weighted by Gasteiger charge is 2.27. The van der Waals surface area contributed by atoms with Gasteiger partial charge in [-0.05, 0) is 37.1 Å². The molecule has 1 N–H and O–H groups in total. The highest BCUT2D eigenvalue weighted by Crippen LogP contribution is 2.25. The molecule has 1 saturated heterocycles. The molecule has 3 rings (SSSR count). The molecule has 2 aromatic rings. The van der Waals surface area contributed by atoms with Gasteiger partial charge >= 0.3 is 0 Å². The minimum absolute atomic E-state index is 0.0865. The van der Waals surface area contributed by atoms with Gasteiger partial charge in [0.25, 0.3) is 17.3 Å². The van der Waals surface area contributed by atoms with Crippen LogP contribution in [-0.4, -0.2) is 41.6 Å². The fraction of sp³-hybridized carbons (Fsp3) is 0.235. The van der Waals surface area contributed by atoms with Crippen molar-refractivity contribution in [3.05, 3.63) is 68.3 Å². The average Bonchev–Trinajstić information content (AvgIpc) is 3.23. The van der Waals surface area contributed by atoms with Gasteiger partial charge in [0.2, 0.25) is 10.0 Å². The summed E-state index contributed by atoms with van der Waals surface area (Å²) >= 11 is 0. The van der Waals surface area contributed by atoms with E-state index >= 15 is 0 Å². The maximum Gasteiger partial charge on any atom is 0.277 e. The van der Waals surface area contributed by atoms with Crippen molar-refractivity contribution in [2.24, 2.45) is 0 Å². The van der Waals surface area contributed by atoms with E-state index in [1.54, 1.807) is 0 Å². The Morgan fingerprint density at radius 1 is 0.931 bits per heavy atom. The number of amides is 1. The van der Waals surface area contributed by atoms with Gasteiger partial charge in [0, 0.05) is 30.9 Å². The summed E-state index contributed by atoms with van der Waals surface area (Å²) < 4.78 is 26.4. The molecule has 0 unspecified atom stereocenters. The highest BCUT2D eigenvalue weighted by atomic mass is 32.2. The van der Waals surface area contributed by atoms with Crippen molar-refractivity contribution in [1.29, 1.82) is 0 Å². The number of hydrogen-bond acceptors (Lipinski definition) is 7. The van der Waals surface area contributed by atoms with Crippen molar-refractivity contribution < 1.29 is 23.1 Å². The Bertz CT molecular complexity index is 1050. The Balaban J connectivity index is 1.81. The highest BCUT2D eigenvalue weighted by molar-refractivity contribution is 7.89. The molecule has 1 amide bonds. The minimum atomic E-state index is -3.60. The molecule has 12 heteroatoms. The van der Waals surface area contributed by atoms with Crippen molar-refractivity contribution in [2.45, 2.75) is 17.7 Å². The van der Waals surface area contributed by atoms with Crippen LogP contribution in [0.4, 0.5) is 17.1 Å². The normalized spacial score (nSPS) is 14.5. The number of sulfonamides is 1. The van der Waals surface area contributed by atoms with E-state index in [-0.39, 0.29) is 16.1 Å². The fourth-order valence-corrected chi connectivity index (χ4v) is 4.45. The van der Waals surface area contributed by atoms with Crippen LogP contribution in [-0.2, 0) is 10.0 Å². The van der Waals surface area contributed by atoms with E-state index in [0.717, 1.165) is 31.0 Å². The minimum Gasteiger partial charge on any atom is -0.322 e. The number of carbonyl (C=O) groups excluding carboxylic acids is 1. The first-order valence-corrected chi connectivity index (χ1v) is 9.98. The molecule has 11 nitrogen and oxygen atoms in total. The zero-order valence-corrected chi connectivity index (χ0v) is 15.8. The Morgan fingerprint density at radius 3 is 1.93 bits per heavy atom. The van der Waals surface area contributed by atoms with Crippen LogP contribution in [0, 0.1) is 20.2 Å². The lowest BCUT2D eigenvalue weighted by molar-refractivity contribution is -0.394. The molecule has 2 aromatic carbocycles. The molecule has 1 aliphatic rings. The smallest absolute Gasteiger partial charge is 0.277 e. The number of anilines is 1. The molecule has 152 valence electrons. The maximum atomic E-state index is 12.5. The van der Waals surface area contributed by atoms with Crippen molar-refractivity contribution in [3.8, 4) is 0 Å². The lowest BCUT2D eigenvalue weighted by Crippen LogP contribution is -2.27.